The Labute approximate surface area is 104 Å². The number of benzene rings is 1. The Balaban J connectivity index is 2.28. The fraction of sp³-hybridized carbons (Fsp3) is 0.600. The lowest BCUT2D eigenvalue weighted by atomic mass is 9.69. The van der Waals surface area contributed by atoms with Crippen LogP contribution >= 0.6 is 0 Å². The van der Waals surface area contributed by atoms with Crippen molar-refractivity contribution >= 4 is 0 Å². The Kier molecular flexibility index (Phi) is 3.17. The summed E-state index contributed by atoms with van der Waals surface area (Å²) in [6, 6.07) is 8.58. The molecule has 17 heavy (non-hydrogen) atoms. The molecule has 0 radical (unpaired) electrons. The Morgan fingerprint density at radius 3 is 2.29 bits per heavy atom. The van der Waals surface area contributed by atoms with Crippen LogP contribution in [-0.4, -0.2) is 18.7 Å². The molecule has 0 aromatic heterocycles. The molecule has 94 valence electrons. The van der Waals surface area contributed by atoms with E-state index in [-0.39, 0.29) is 11.0 Å². The van der Waals surface area contributed by atoms with E-state index >= 15 is 0 Å². The van der Waals surface area contributed by atoms with Crippen molar-refractivity contribution in [1.82, 2.24) is 5.32 Å². The van der Waals surface area contributed by atoms with E-state index in [4.69, 9.17) is 4.74 Å². The molecule has 1 heterocycles. The van der Waals surface area contributed by atoms with Gasteiger partial charge in [-0.1, -0.05) is 19.1 Å². The number of rotatable bonds is 3. The molecule has 1 aromatic carbocycles. The van der Waals surface area contributed by atoms with Crippen molar-refractivity contribution < 1.29 is 4.74 Å². The summed E-state index contributed by atoms with van der Waals surface area (Å²) in [6.07, 6.45) is 1.19. The van der Waals surface area contributed by atoms with E-state index in [2.05, 4.69) is 50.4 Å². The zero-order valence-corrected chi connectivity index (χ0v) is 11.3. The predicted molar refractivity (Wildman–Crippen MR) is 71.7 cm³/mol. The topological polar surface area (TPSA) is 21.3 Å². The van der Waals surface area contributed by atoms with Gasteiger partial charge >= 0.3 is 0 Å². The predicted octanol–water partition coefficient (Wildman–Crippen LogP) is 3.11. The van der Waals surface area contributed by atoms with Crippen molar-refractivity contribution in [3.05, 3.63) is 29.8 Å². The molecule has 2 rings (SSSR count). The molecule has 0 bridgehead atoms. The maximum absolute atomic E-state index is 5.49. The molecular weight excluding hydrogens is 210 g/mol. The van der Waals surface area contributed by atoms with Gasteiger partial charge in [-0.15, -0.1) is 0 Å². The molecule has 1 saturated heterocycles. The minimum atomic E-state index is 0.153. The van der Waals surface area contributed by atoms with Gasteiger partial charge in [-0.3, -0.25) is 0 Å². The average molecular weight is 233 g/mol. The van der Waals surface area contributed by atoms with Crippen molar-refractivity contribution in [1.29, 1.82) is 0 Å². The molecule has 1 N–H and O–H groups in total. The van der Waals surface area contributed by atoms with Crippen LogP contribution in [0.25, 0.3) is 0 Å². The van der Waals surface area contributed by atoms with Crippen LogP contribution in [0, 0.1) is 0 Å². The molecule has 1 unspecified atom stereocenters. The van der Waals surface area contributed by atoms with Crippen molar-refractivity contribution in [2.75, 3.05) is 13.2 Å². The van der Waals surface area contributed by atoms with E-state index in [0.29, 0.717) is 0 Å². The van der Waals surface area contributed by atoms with E-state index in [9.17, 15) is 0 Å². The minimum absolute atomic E-state index is 0.153. The van der Waals surface area contributed by atoms with E-state index < -0.39 is 0 Å². The fourth-order valence-electron chi connectivity index (χ4n) is 2.72. The highest BCUT2D eigenvalue weighted by atomic mass is 16.5. The van der Waals surface area contributed by atoms with Gasteiger partial charge in [0.1, 0.15) is 5.75 Å². The summed E-state index contributed by atoms with van der Waals surface area (Å²) in [4.78, 5) is 0. The van der Waals surface area contributed by atoms with Crippen LogP contribution in [0.4, 0.5) is 0 Å². The van der Waals surface area contributed by atoms with E-state index in [1.165, 1.54) is 12.0 Å². The van der Waals surface area contributed by atoms with Gasteiger partial charge in [0.15, 0.2) is 0 Å². The third kappa shape index (κ3) is 2.06. The smallest absolute Gasteiger partial charge is 0.119 e. The molecule has 2 nitrogen and oxygen atoms in total. The lowest BCUT2D eigenvalue weighted by molar-refractivity contribution is 0.296. The zero-order chi connectivity index (χ0) is 12.5. The Bertz CT molecular complexity index is 382. The van der Waals surface area contributed by atoms with Crippen molar-refractivity contribution in [3.8, 4) is 5.75 Å². The highest BCUT2D eigenvalue weighted by Gasteiger charge is 2.45. The highest BCUT2D eigenvalue weighted by Crippen LogP contribution is 2.42. The summed E-state index contributed by atoms with van der Waals surface area (Å²) in [6.45, 7) is 10.8. The molecular formula is C15H23NO. The third-order valence-electron chi connectivity index (χ3n) is 4.37. The lowest BCUT2D eigenvalue weighted by Crippen LogP contribution is -2.47. The summed E-state index contributed by atoms with van der Waals surface area (Å²) >= 11 is 0. The van der Waals surface area contributed by atoms with Crippen LogP contribution in [-0.2, 0) is 5.41 Å². The first kappa shape index (κ1) is 12.4. The first-order valence-corrected chi connectivity index (χ1v) is 6.48. The maximum Gasteiger partial charge on any atom is 0.119 e. The fourth-order valence-corrected chi connectivity index (χ4v) is 2.72. The Hall–Kier alpha value is -1.02. The number of nitrogens with one attached hydrogen (secondary N) is 1. The lowest BCUT2D eigenvalue weighted by Gasteiger charge is -2.38. The van der Waals surface area contributed by atoms with Crippen LogP contribution in [0.3, 0.4) is 0 Å². The molecule has 0 amide bonds. The first-order chi connectivity index (χ1) is 7.99. The molecule has 1 fully saturated rings. The van der Waals surface area contributed by atoms with Gasteiger partial charge in [0.25, 0.3) is 0 Å². The van der Waals surface area contributed by atoms with Crippen molar-refractivity contribution in [2.45, 2.75) is 45.1 Å². The van der Waals surface area contributed by atoms with Gasteiger partial charge in [-0.2, -0.15) is 0 Å². The van der Waals surface area contributed by atoms with Crippen LogP contribution in [0.1, 0.15) is 39.7 Å². The molecule has 1 aliphatic rings. The van der Waals surface area contributed by atoms with E-state index in [1.54, 1.807) is 0 Å². The highest BCUT2D eigenvalue weighted by molar-refractivity contribution is 5.36. The molecule has 0 spiro atoms. The first-order valence-electron chi connectivity index (χ1n) is 6.48. The molecule has 2 heteroatoms. The number of ether oxygens (including phenoxy) is 1. The van der Waals surface area contributed by atoms with Gasteiger partial charge in [-0.05, 0) is 51.4 Å². The second-order valence-corrected chi connectivity index (χ2v) is 5.59. The normalized spacial score (nSPS) is 27.1. The zero-order valence-electron chi connectivity index (χ0n) is 11.3. The van der Waals surface area contributed by atoms with Crippen molar-refractivity contribution in [3.63, 3.8) is 0 Å². The molecule has 0 saturated carbocycles. The van der Waals surface area contributed by atoms with E-state index in [1.807, 2.05) is 6.92 Å². The standard InChI is InChI=1S/C15H23NO/c1-5-17-13-8-6-12(7-9-13)15(4)10-11-16-14(15,2)3/h6-9,16H,5,10-11H2,1-4H3. The Morgan fingerprint density at radius 2 is 1.82 bits per heavy atom. The third-order valence-corrected chi connectivity index (χ3v) is 4.37. The molecule has 1 atom stereocenters. The second-order valence-electron chi connectivity index (χ2n) is 5.59. The molecule has 1 aliphatic heterocycles. The summed E-state index contributed by atoms with van der Waals surface area (Å²) in [5.74, 6) is 0.962. The van der Waals surface area contributed by atoms with Gasteiger partial charge in [-0.25, -0.2) is 0 Å². The minimum Gasteiger partial charge on any atom is -0.494 e. The number of hydrogen-bond acceptors (Lipinski definition) is 2. The number of hydrogen-bond donors (Lipinski definition) is 1. The summed E-state index contributed by atoms with van der Waals surface area (Å²) in [5.41, 5.74) is 1.76. The largest absolute Gasteiger partial charge is 0.494 e. The van der Waals surface area contributed by atoms with Gasteiger partial charge in [0.2, 0.25) is 0 Å². The SMILES string of the molecule is CCOc1ccc(C2(C)CCNC2(C)C)cc1. The van der Waals surface area contributed by atoms with Crippen molar-refractivity contribution in [2.24, 2.45) is 0 Å². The quantitative estimate of drug-likeness (QED) is 0.866. The average Bonchev–Trinajstić information content (AvgIpc) is 2.56. The van der Waals surface area contributed by atoms with Crippen LogP contribution in [0.2, 0.25) is 0 Å². The summed E-state index contributed by atoms with van der Waals surface area (Å²) in [7, 11) is 0. The molecule has 1 aromatic rings. The summed E-state index contributed by atoms with van der Waals surface area (Å²) in [5, 5.41) is 3.59. The van der Waals surface area contributed by atoms with Gasteiger partial charge < -0.3 is 10.1 Å². The van der Waals surface area contributed by atoms with Crippen LogP contribution in [0.5, 0.6) is 5.75 Å². The van der Waals surface area contributed by atoms with Gasteiger partial charge in [0, 0.05) is 11.0 Å². The summed E-state index contributed by atoms with van der Waals surface area (Å²) < 4.78 is 5.49. The van der Waals surface area contributed by atoms with Gasteiger partial charge in [0.05, 0.1) is 6.61 Å². The Morgan fingerprint density at radius 1 is 1.18 bits per heavy atom. The van der Waals surface area contributed by atoms with Crippen LogP contribution in [0.15, 0.2) is 24.3 Å². The second kappa shape index (κ2) is 4.34. The molecule has 0 aliphatic carbocycles. The van der Waals surface area contributed by atoms with Crippen LogP contribution < -0.4 is 10.1 Å². The monoisotopic (exact) mass is 233 g/mol. The van der Waals surface area contributed by atoms with E-state index in [0.717, 1.165) is 18.9 Å². The maximum atomic E-state index is 5.49.